The van der Waals surface area contributed by atoms with Crippen molar-refractivity contribution in [1.29, 1.82) is 0 Å². The SMILES string of the molecule is CCCCC(=O)N1CCC(N2C(=O)c3cccc(Cl)c3C2=O)C1. The van der Waals surface area contributed by atoms with Crippen LogP contribution >= 0.6 is 11.6 Å². The van der Waals surface area contributed by atoms with Crippen LogP contribution in [-0.2, 0) is 4.79 Å². The highest BCUT2D eigenvalue weighted by Crippen LogP contribution is 2.32. The minimum atomic E-state index is -0.344. The smallest absolute Gasteiger partial charge is 0.263 e. The lowest BCUT2D eigenvalue weighted by atomic mass is 10.1. The number of fused-ring (bicyclic) bond motifs is 1. The van der Waals surface area contributed by atoms with E-state index in [1.165, 1.54) is 4.90 Å². The van der Waals surface area contributed by atoms with E-state index in [0.29, 0.717) is 36.5 Å². The summed E-state index contributed by atoms with van der Waals surface area (Å²) in [4.78, 5) is 40.3. The first kappa shape index (κ1) is 16.0. The molecule has 2 aliphatic rings. The normalized spacial score (nSPS) is 20.3. The lowest BCUT2D eigenvalue weighted by Crippen LogP contribution is -2.42. The number of benzene rings is 1. The third-order valence-electron chi connectivity index (χ3n) is 4.52. The molecule has 0 N–H and O–H groups in total. The van der Waals surface area contributed by atoms with Crippen molar-refractivity contribution in [2.75, 3.05) is 13.1 Å². The van der Waals surface area contributed by atoms with Crippen LogP contribution in [0.3, 0.4) is 0 Å². The number of unbranched alkanes of at least 4 members (excludes halogenated alkanes) is 1. The molecule has 3 amide bonds. The van der Waals surface area contributed by atoms with Crippen molar-refractivity contribution in [2.24, 2.45) is 0 Å². The topological polar surface area (TPSA) is 57.7 Å². The second-order valence-electron chi connectivity index (χ2n) is 6.03. The number of hydrogen-bond donors (Lipinski definition) is 0. The van der Waals surface area contributed by atoms with E-state index >= 15 is 0 Å². The Kier molecular flexibility index (Phi) is 4.39. The van der Waals surface area contributed by atoms with Crippen LogP contribution in [0.5, 0.6) is 0 Å². The van der Waals surface area contributed by atoms with Gasteiger partial charge in [-0.25, -0.2) is 0 Å². The van der Waals surface area contributed by atoms with Gasteiger partial charge >= 0.3 is 0 Å². The molecule has 1 unspecified atom stereocenters. The van der Waals surface area contributed by atoms with Crippen molar-refractivity contribution in [3.05, 3.63) is 34.3 Å². The zero-order valence-electron chi connectivity index (χ0n) is 13.0. The fourth-order valence-corrected chi connectivity index (χ4v) is 3.51. The Morgan fingerprint density at radius 3 is 2.78 bits per heavy atom. The molecule has 122 valence electrons. The fraction of sp³-hybridized carbons (Fsp3) is 0.471. The van der Waals surface area contributed by atoms with Gasteiger partial charge in [0.25, 0.3) is 11.8 Å². The molecule has 1 atom stereocenters. The molecule has 0 aliphatic carbocycles. The first-order chi connectivity index (χ1) is 11.0. The zero-order chi connectivity index (χ0) is 16.6. The van der Waals surface area contributed by atoms with Crippen LogP contribution in [0.2, 0.25) is 5.02 Å². The number of amides is 3. The average molecular weight is 335 g/mol. The first-order valence-corrected chi connectivity index (χ1v) is 8.36. The van der Waals surface area contributed by atoms with E-state index in [1.54, 1.807) is 23.1 Å². The third-order valence-corrected chi connectivity index (χ3v) is 4.84. The molecule has 1 fully saturated rings. The van der Waals surface area contributed by atoms with Crippen LogP contribution in [0.4, 0.5) is 0 Å². The van der Waals surface area contributed by atoms with E-state index in [2.05, 4.69) is 0 Å². The Morgan fingerprint density at radius 1 is 1.30 bits per heavy atom. The Hall–Kier alpha value is -1.88. The molecular formula is C17H19ClN2O3. The van der Waals surface area contributed by atoms with Gasteiger partial charge in [-0.15, -0.1) is 0 Å². The molecular weight excluding hydrogens is 316 g/mol. The van der Waals surface area contributed by atoms with Crippen molar-refractivity contribution in [2.45, 2.75) is 38.6 Å². The molecule has 0 saturated carbocycles. The largest absolute Gasteiger partial charge is 0.341 e. The number of halogens is 1. The molecule has 1 saturated heterocycles. The quantitative estimate of drug-likeness (QED) is 0.795. The number of nitrogens with zero attached hydrogens (tertiary/aromatic N) is 2. The molecule has 0 aromatic heterocycles. The maximum Gasteiger partial charge on any atom is 0.263 e. The number of hydrogen-bond acceptors (Lipinski definition) is 3. The summed E-state index contributed by atoms with van der Waals surface area (Å²) in [6.45, 7) is 3.06. The summed E-state index contributed by atoms with van der Waals surface area (Å²) in [6.07, 6.45) is 2.99. The lowest BCUT2D eigenvalue weighted by Gasteiger charge is -2.22. The summed E-state index contributed by atoms with van der Waals surface area (Å²) in [5.74, 6) is -0.548. The first-order valence-electron chi connectivity index (χ1n) is 7.98. The molecule has 1 aromatic carbocycles. The molecule has 3 rings (SSSR count). The lowest BCUT2D eigenvalue weighted by molar-refractivity contribution is -0.130. The van der Waals surface area contributed by atoms with E-state index in [4.69, 9.17) is 11.6 Å². The highest BCUT2D eigenvalue weighted by atomic mass is 35.5. The Morgan fingerprint density at radius 2 is 2.09 bits per heavy atom. The fourth-order valence-electron chi connectivity index (χ4n) is 3.26. The summed E-state index contributed by atoms with van der Waals surface area (Å²) in [6, 6.07) is 4.65. The predicted molar refractivity (Wildman–Crippen MR) is 86.5 cm³/mol. The predicted octanol–water partition coefficient (Wildman–Crippen LogP) is 2.73. The van der Waals surface area contributed by atoms with Crippen molar-refractivity contribution < 1.29 is 14.4 Å². The number of imide groups is 1. The summed E-state index contributed by atoms with van der Waals surface area (Å²) >= 11 is 6.07. The molecule has 5 nitrogen and oxygen atoms in total. The molecule has 0 bridgehead atoms. The Bertz CT molecular complexity index is 674. The van der Waals surface area contributed by atoms with E-state index in [1.807, 2.05) is 6.92 Å². The van der Waals surface area contributed by atoms with Gasteiger partial charge in [0.15, 0.2) is 0 Å². The van der Waals surface area contributed by atoms with Crippen LogP contribution in [0.1, 0.15) is 53.3 Å². The maximum atomic E-state index is 12.6. The Labute approximate surface area is 140 Å². The molecule has 23 heavy (non-hydrogen) atoms. The van der Waals surface area contributed by atoms with Gasteiger partial charge in [0.1, 0.15) is 0 Å². The molecule has 0 radical (unpaired) electrons. The van der Waals surface area contributed by atoms with Crippen LogP contribution < -0.4 is 0 Å². The van der Waals surface area contributed by atoms with Crippen LogP contribution in [0, 0.1) is 0 Å². The number of likely N-dealkylation sites (tertiary alicyclic amines) is 1. The second-order valence-corrected chi connectivity index (χ2v) is 6.44. The maximum absolute atomic E-state index is 12.6. The Balaban J connectivity index is 1.75. The van der Waals surface area contributed by atoms with Gasteiger partial charge in [-0.3, -0.25) is 19.3 Å². The molecule has 6 heteroatoms. The van der Waals surface area contributed by atoms with Gasteiger partial charge in [-0.1, -0.05) is 31.0 Å². The van der Waals surface area contributed by atoms with E-state index in [0.717, 1.165) is 12.8 Å². The van der Waals surface area contributed by atoms with Gasteiger partial charge in [0, 0.05) is 19.5 Å². The standard InChI is InChI=1S/C17H19ClN2O3/c1-2-3-7-14(21)19-9-8-11(10-19)20-16(22)12-5-4-6-13(18)15(12)17(20)23/h4-6,11H,2-3,7-10H2,1H3. The van der Waals surface area contributed by atoms with Gasteiger partial charge in [-0.05, 0) is 25.0 Å². The van der Waals surface area contributed by atoms with E-state index in [9.17, 15) is 14.4 Å². The van der Waals surface area contributed by atoms with Gasteiger partial charge in [0.2, 0.25) is 5.91 Å². The molecule has 1 aromatic rings. The second kappa shape index (κ2) is 6.32. The van der Waals surface area contributed by atoms with Crippen LogP contribution in [-0.4, -0.2) is 46.7 Å². The van der Waals surface area contributed by atoms with Gasteiger partial charge in [-0.2, -0.15) is 0 Å². The highest BCUT2D eigenvalue weighted by Gasteiger charge is 2.43. The van der Waals surface area contributed by atoms with Gasteiger partial charge in [0.05, 0.1) is 22.2 Å². The van der Waals surface area contributed by atoms with Crippen molar-refractivity contribution in [1.82, 2.24) is 9.80 Å². The van der Waals surface area contributed by atoms with Crippen LogP contribution in [0.15, 0.2) is 18.2 Å². The zero-order valence-corrected chi connectivity index (χ0v) is 13.8. The van der Waals surface area contributed by atoms with E-state index < -0.39 is 0 Å². The minimum Gasteiger partial charge on any atom is -0.341 e. The van der Waals surface area contributed by atoms with Crippen LogP contribution in [0.25, 0.3) is 0 Å². The summed E-state index contributed by atoms with van der Waals surface area (Å²) < 4.78 is 0. The summed E-state index contributed by atoms with van der Waals surface area (Å²) in [5, 5.41) is 0.303. The molecule has 2 aliphatic heterocycles. The molecule has 0 spiro atoms. The highest BCUT2D eigenvalue weighted by molar-refractivity contribution is 6.37. The number of rotatable bonds is 4. The number of carbonyl (C=O) groups excluding carboxylic acids is 3. The monoisotopic (exact) mass is 334 g/mol. The van der Waals surface area contributed by atoms with Crippen molar-refractivity contribution in [3.63, 3.8) is 0 Å². The van der Waals surface area contributed by atoms with Gasteiger partial charge < -0.3 is 4.90 Å². The average Bonchev–Trinajstić information content (AvgIpc) is 3.10. The van der Waals surface area contributed by atoms with Crippen molar-refractivity contribution in [3.8, 4) is 0 Å². The minimum absolute atomic E-state index is 0.101. The molecule has 2 heterocycles. The summed E-state index contributed by atoms with van der Waals surface area (Å²) in [5.41, 5.74) is 0.646. The van der Waals surface area contributed by atoms with E-state index in [-0.39, 0.29) is 29.3 Å². The van der Waals surface area contributed by atoms with Crippen molar-refractivity contribution >= 4 is 29.3 Å². The summed E-state index contributed by atoms with van der Waals surface area (Å²) in [7, 11) is 0. The number of carbonyl (C=O) groups is 3. The third kappa shape index (κ3) is 2.74.